The van der Waals surface area contributed by atoms with Crippen LogP contribution >= 0.6 is 27.5 Å². The van der Waals surface area contributed by atoms with Gasteiger partial charge in [-0.25, -0.2) is 0 Å². The molecule has 0 spiro atoms. The van der Waals surface area contributed by atoms with Crippen LogP contribution in [0.15, 0.2) is 53.0 Å². The number of nitrogens with one attached hydrogen (secondary N) is 2. The Kier molecular flexibility index (Phi) is 5.79. The van der Waals surface area contributed by atoms with Gasteiger partial charge < -0.3 is 10.6 Å². The van der Waals surface area contributed by atoms with E-state index in [9.17, 15) is 4.79 Å². The summed E-state index contributed by atoms with van der Waals surface area (Å²) in [5.74, 6) is -0.0776. The first-order valence-corrected chi connectivity index (χ1v) is 7.76. The third-order valence-electron chi connectivity index (χ3n) is 3.05. The summed E-state index contributed by atoms with van der Waals surface area (Å²) >= 11 is 9.32. The summed E-state index contributed by atoms with van der Waals surface area (Å²) < 4.78 is 0.980. The third kappa shape index (κ3) is 5.16. The van der Waals surface area contributed by atoms with E-state index in [0.29, 0.717) is 5.02 Å². The molecular formula is C16H16BrClN2O. The molecule has 0 aromatic heterocycles. The molecular weight excluding hydrogens is 352 g/mol. The lowest BCUT2D eigenvalue weighted by atomic mass is 10.1. The van der Waals surface area contributed by atoms with Crippen LogP contribution in [0.5, 0.6) is 0 Å². The summed E-state index contributed by atoms with van der Waals surface area (Å²) in [6.45, 7) is 2.24. The van der Waals surface area contributed by atoms with Crippen LogP contribution in [-0.2, 0) is 4.79 Å². The first-order valence-electron chi connectivity index (χ1n) is 6.59. The van der Waals surface area contributed by atoms with Crippen molar-refractivity contribution in [3.63, 3.8) is 0 Å². The van der Waals surface area contributed by atoms with Gasteiger partial charge in [0.2, 0.25) is 5.91 Å². The number of carbonyl (C=O) groups excluding carboxylic acids is 1. The smallest absolute Gasteiger partial charge is 0.238 e. The second kappa shape index (κ2) is 7.59. The van der Waals surface area contributed by atoms with Crippen LogP contribution in [0.25, 0.3) is 0 Å². The van der Waals surface area contributed by atoms with Crippen LogP contribution in [0.4, 0.5) is 5.69 Å². The maximum Gasteiger partial charge on any atom is 0.238 e. The summed E-state index contributed by atoms with van der Waals surface area (Å²) in [5, 5.41) is 6.71. The largest absolute Gasteiger partial charge is 0.325 e. The van der Waals surface area contributed by atoms with E-state index in [2.05, 4.69) is 26.6 Å². The molecule has 3 nitrogen and oxygen atoms in total. The first-order chi connectivity index (χ1) is 10.0. The first kappa shape index (κ1) is 16.0. The molecule has 21 heavy (non-hydrogen) atoms. The van der Waals surface area contributed by atoms with Crippen molar-refractivity contribution in [2.45, 2.75) is 13.0 Å². The Morgan fingerprint density at radius 3 is 2.62 bits per heavy atom. The molecule has 1 atom stereocenters. The molecule has 110 valence electrons. The zero-order chi connectivity index (χ0) is 15.2. The molecule has 0 radical (unpaired) electrons. The number of halogens is 2. The molecule has 2 rings (SSSR count). The fraction of sp³-hybridized carbons (Fsp3) is 0.188. The van der Waals surface area contributed by atoms with Gasteiger partial charge in [-0.2, -0.15) is 0 Å². The van der Waals surface area contributed by atoms with E-state index in [-0.39, 0.29) is 18.5 Å². The monoisotopic (exact) mass is 366 g/mol. The van der Waals surface area contributed by atoms with E-state index >= 15 is 0 Å². The van der Waals surface area contributed by atoms with Crippen molar-refractivity contribution in [2.75, 3.05) is 11.9 Å². The molecule has 0 bridgehead atoms. The summed E-state index contributed by atoms with van der Waals surface area (Å²) in [4.78, 5) is 11.9. The highest BCUT2D eigenvalue weighted by molar-refractivity contribution is 9.10. The summed E-state index contributed by atoms with van der Waals surface area (Å²) in [5.41, 5.74) is 1.83. The molecule has 0 aliphatic heterocycles. The maximum absolute atomic E-state index is 11.9. The molecule has 0 saturated carbocycles. The Balaban J connectivity index is 1.84. The van der Waals surface area contributed by atoms with Gasteiger partial charge in [-0.1, -0.05) is 39.7 Å². The number of benzene rings is 2. The van der Waals surface area contributed by atoms with Crippen LogP contribution in [0, 0.1) is 0 Å². The van der Waals surface area contributed by atoms with Crippen molar-refractivity contribution in [3.8, 4) is 0 Å². The average molecular weight is 368 g/mol. The fourth-order valence-corrected chi connectivity index (χ4v) is 2.34. The van der Waals surface area contributed by atoms with Crippen LogP contribution in [0.3, 0.4) is 0 Å². The van der Waals surface area contributed by atoms with Gasteiger partial charge in [0.25, 0.3) is 0 Å². The van der Waals surface area contributed by atoms with Crippen molar-refractivity contribution in [1.29, 1.82) is 0 Å². The Bertz CT molecular complexity index is 616. The summed E-state index contributed by atoms with van der Waals surface area (Å²) in [7, 11) is 0. The number of hydrogen-bond donors (Lipinski definition) is 2. The van der Waals surface area contributed by atoms with E-state index in [1.54, 1.807) is 0 Å². The Hall–Kier alpha value is -1.36. The topological polar surface area (TPSA) is 41.1 Å². The van der Waals surface area contributed by atoms with Crippen molar-refractivity contribution < 1.29 is 4.79 Å². The zero-order valence-corrected chi connectivity index (χ0v) is 13.9. The Morgan fingerprint density at radius 1 is 1.24 bits per heavy atom. The normalized spacial score (nSPS) is 12.0. The Labute approximate surface area is 137 Å². The molecule has 0 aliphatic rings. The van der Waals surface area contributed by atoms with Gasteiger partial charge in [0.05, 0.1) is 6.54 Å². The maximum atomic E-state index is 11.9. The lowest BCUT2D eigenvalue weighted by Crippen LogP contribution is -2.30. The number of hydrogen-bond acceptors (Lipinski definition) is 2. The van der Waals surface area contributed by atoms with Crippen molar-refractivity contribution in [3.05, 3.63) is 63.6 Å². The van der Waals surface area contributed by atoms with E-state index in [1.807, 2.05) is 55.5 Å². The van der Waals surface area contributed by atoms with Crippen molar-refractivity contribution in [1.82, 2.24) is 5.32 Å². The summed E-state index contributed by atoms with van der Waals surface area (Å²) in [6, 6.07) is 15.1. The number of anilines is 1. The highest BCUT2D eigenvalue weighted by Gasteiger charge is 2.08. The highest BCUT2D eigenvalue weighted by atomic mass is 79.9. The predicted molar refractivity (Wildman–Crippen MR) is 90.6 cm³/mol. The van der Waals surface area contributed by atoms with Crippen molar-refractivity contribution >= 4 is 39.1 Å². The Morgan fingerprint density at radius 2 is 1.95 bits per heavy atom. The number of rotatable bonds is 5. The van der Waals surface area contributed by atoms with Gasteiger partial charge in [0.15, 0.2) is 0 Å². The molecule has 2 aromatic rings. The minimum atomic E-state index is -0.0776. The molecule has 5 heteroatoms. The second-order valence-electron chi connectivity index (χ2n) is 4.71. The van der Waals surface area contributed by atoms with Crippen LogP contribution in [0.1, 0.15) is 18.5 Å². The zero-order valence-electron chi connectivity index (χ0n) is 11.6. The van der Waals surface area contributed by atoms with E-state index in [0.717, 1.165) is 15.7 Å². The number of carbonyl (C=O) groups is 1. The minimum Gasteiger partial charge on any atom is -0.325 e. The average Bonchev–Trinajstić information content (AvgIpc) is 2.47. The minimum absolute atomic E-state index is 0.0550. The lowest BCUT2D eigenvalue weighted by molar-refractivity contribution is -0.115. The van der Waals surface area contributed by atoms with Crippen LogP contribution in [-0.4, -0.2) is 12.5 Å². The number of amides is 1. The molecule has 0 heterocycles. The molecule has 2 aromatic carbocycles. The molecule has 0 fully saturated rings. The molecule has 1 amide bonds. The lowest BCUT2D eigenvalue weighted by Gasteiger charge is -2.14. The van der Waals surface area contributed by atoms with E-state index < -0.39 is 0 Å². The highest BCUT2D eigenvalue weighted by Crippen LogP contribution is 2.17. The van der Waals surface area contributed by atoms with Gasteiger partial charge in [0, 0.05) is 21.2 Å². The van der Waals surface area contributed by atoms with Gasteiger partial charge in [0.1, 0.15) is 0 Å². The third-order valence-corrected chi connectivity index (χ3v) is 3.81. The van der Waals surface area contributed by atoms with Gasteiger partial charge in [-0.15, -0.1) is 0 Å². The van der Waals surface area contributed by atoms with Crippen molar-refractivity contribution in [2.24, 2.45) is 0 Å². The summed E-state index contributed by atoms with van der Waals surface area (Å²) in [6.07, 6.45) is 0. The predicted octanol–water partition coefficient (Wildman–Crippen LogP) is 4.39. The van der Waals surface area contributed by atoms with Gasteiger partial charge in [-0.3, -0.25) is 4.79 Å². The van der Waals surface area contributed by atoms with Crippen LogP contribution in [0.2, 0.25) is 5.02 Å². The fourth-order valence-electron chi connectivity index (χ4n) is 1.88. The van der Waals surface area contributed by atoms with Gasteiger partial charge in [-0.05, 0) is 48.9 Å². The van der Waals surface area contributed by atoms with Gasteiger partial charge >= 0.3 is 0 Å². The van der Waals surface area contributed by atoms with Crippen LogP contribution < -0.4 is 10.6 Å². The van der Waals surface area contributed by atoms with E-state index in [4.69, 9.17) is 11.6 Å². The molecule has 1 unspecified atom stereocenters. The SMILES string of the molecule is CC(NCC(=O)Nc1ccc(Br)cc1)c1cccc(Cl)c1. The second-order valence-corrected chi connectivity index (χ2v) is 6.06. The molecule has 0 saturated heterocycles. The van der Waals surface area contributed by atoms with E-state index in [1.165, 1.54) is 0 Å². The molecule has 0 aliphatic carbocycles. The molecule has 2 N–H and O–H groups in total. The quantitative estimate of drug-likeness (QED) is 0.823. The standard InChI is InChI=1S/C16H16BrClN2O/c1-11(12-3-2-4-14(18)9-12)19-10-16(21)20-15-7-5-13(17)6-8-15/h2-9,11,19H,10H2,1H3,(H,20,21).